The summed E-state index contributed by atoms with van der Waals surface area (Å²) < 4.78 is 0. The first-order chi connectivity index (χ1) is 9.52. The molecule has 0 bridgehead atoms. The maximum Gasteiger partial charge on any atom is 0.220 e. The summed E-state index contributed by atoms with van der Waals surface area (Å²) in [4.78, 5) is 11.6. The molecule has 0 saturated heterocycles. The molecule has 0 saturated carbocycles. The van der Waals surface area contributed by atoms with Crippen molar-refractivity contribution in [1.29, 1.82) is 5.26 Å². The zero-order valence-corrected chi connectivity index (χ0v) is 13.6. The predicted molar refractivity (Wildman–Crippen MR) is 84.2 cm³/mol. The Morgan fingerprint density at radius 3 is 2.00 bits per heavy atom. The lowest BCUT2D eigenvalue weighted by atomic mass is 9.96. The molecule has 0 aliphatic heterocycles. The minimum Gasteiger partial charge on any atom is -0.355 e. The van der Waals surface area contributed by atoms with E-state index in [9.17, 15) is 4.79 Å². The standard InChI is InChI=1S/C17H32N2O/c1-4-5-6-7-8-9-10-11-12-13-16(20)19-15-17(2,3)14-18/h4-13,15H2,1-3H3,(H,19,20). The van der Waals surface area contributed by atoms with E-state index < -0.39 is 5.41 Å². The highest BCUT2D eigenvalue weighted by Gasteiger charge is 2.17. The van der Waals surface area contributed by atoms with Crippen LogP contribution in [0.1, 0.15) is 85.0 Å². The van der Waals surface area contributed by atoms with Gasteiger partial charge in [0.25, 0.3) is 0 Å². The smallest absolute Gasteiger partial charge is 0.220 e. The fourth-order valence-corrected chi connectivity index (χ4v) is 2.04. The molecule has 0 rings (SSSR count). The number of hydrogen-bond donors (Lipinski definition) is 1. The first-order valence-electron chi connectivity index (χ1n) is 8.20. The average molecular weight is 280 g/mol. The van der Waals surface area contributed by atoms with E-state index in [1.165, 1.54) is 44.9 Å². The molecule has 0 atom stereocenters. The van der Waals surface area contributed by atoms with Crippen molar-refractivity contribution in [2.45, 2.75) is 85.0 Å². The number of rotatable bonds is 12. The van der Waals surface area contributed by atoms with Crippen LogP contribution in [0.15, 0.2) is 0 Å². The fourth-order valence-electron chi connectivity index (χ4n) is 2.04. The lowest BCUT2D eigenvalue weighted by Crippen LogP contribution is -2.32. The first-order valence-corrected chi connectivity index (χ1v) is 8.20. The zero-order valence-electron chi connectivity index (χ0n) is 13.6. The van der Waals surface area contributed by atoms with Gasteiger partial charge in [-0.1, -0.05) is 58.3 Å². The van der Waals surface area contributed by atoms with Crippen molar-refractivity contribution in [3.63, 3.8) is 0 Å². The summed E-state index contributed by atoms with van der Waals surface area (Å²) in [6.07, 6.45) is 12.0. The topological polar surface area (TPSA) is 52.9 Å². The van der Waals surface area contributed by atoms with Crippen LogP contribution in [0.25, 0.3) is 0 Å². The Bertz CT molecular complexity index is 292. The van der Waals surface area contributed by atoms with Gasteiger partial charge in [0, 0.05) is 13.0 Å². The average Bonchev–Trinajstić information content (AvgIpc) is 2.43. The molecule has 0 radical (unpaired) electrons. The Balaban J connectivity index is 3.34. The summed E-state index contributed by atoms with van der Waals surface area (Å²) in [5, 5.41) is 11.7. The van der Waals surface area contributed by atoms with Crippen molar-refractivity contribution in [3.8, 4) is 6.07 Å². The van der Waals surface area contributed by atoms with Gasteiger partial charge in [-0.25, -0.2) is 0 Å². The van der Waals surface area contributed by atoms with Gasteiger partial charge in [0.15, 0.2) is 0 Å². The van der Waals surface area contributed by atoms with Gasteiger partial charge in [-0.05, 0) is 20.3 Å². The van der Waals surface area contributed by atoms with E-state index >= 15 is 0 Å². The van der Waals surface area contributed by atoms with E-state index in [0.717, 1.165) is 12.8 Å². The number of amides is 1. The Labute approximate surface area is 125 Å². The second-order valence-electron chi connectivity index (χ2n) is 6.35. The highest BCUT2D eigenvalue weighted by molar-refractivity contribution is 5.75. The number of nitrogens with one attached hydrogen (secondary N) is 1. The number of carbonyl (C=O) groups is 1. The summed E-state index contributed by atoms with van der Waals surface area (Å²) in [6.45, 7) is 6.36. The Kier molecular flexibility index (Phi) is 11.1. The van der Waals surface area contributed by atoms with Crippen molar-refractivity contribution >= 4 is 5.91 Å². The summed E-state index contributed by atoms with van der Waals surface area (Å²) in [7, 11) is 0. The Morgan fingerprint density at radius 2 is 1.50 bits per heavy atom. The first kappa shape index (κ1) is 19.0. The van der Waals surface area contributed by atoms with Crippen molar-refractivity contribution < 1.29 is 4.79 Å². The monoisotopic (exact) mass is 280 g/mol. The molecule has 0 aromatic carbocycles. The molecule has 1 amide bonds. The molecule has 0 unspecified atom stereocenters. The second kappa shape index (κ2) is 11.8. The molecule has 0 aromatic heterocycles. The predicted octanol–water partition coefficient (Wildman–Crippen LogP) is 4.57. The molecule has 0 aromatic rings. The summed E-state index contributed by atoms with van der Waals surface area (Å²) in [5.74, 6) is 0.0799. The van der Waals surface area contributed by atoms with Crippen LogP contribution in [-0.2, 0) is 4.79 Å². The maximum absolute atomic E-state index is 11.6. The van der Waals surface area contributed by atoms with Crippen LogP contribution in [0, 0.1) is 16.7 Å². The van der Waals surface area contributed by atoms with E-state index in [4.69, 9.17) is 5.26 Å². The van der Waals surface area contributed by atoms with Crippen LogP contribution in [0.2, 0.25) is 0 Å². The number of carbonyl (C=O) groups excluding carboxylic acids is 1. The lowest BCUT2D eigenvalue weighted by Gasteiger charge is -2.15. The number of unbranched alkanes of at least 4 members (excludes halogenated alkanes) is 8. The molecule has 20 heavy (non-hydrogen) atoms. The van der Waals surface area contributed by atoms with Crippen LogP contribution in [0.5, 0.6) is 0 Å². The Hall–Kier alpha value is -1.04. The number of nitriles is 1. The van der Waals surface area contributed by atoms with Gasteiger partial charge in [0.1, 0.15) is 0 Å². The quantitative estimate of drug-likeness (QED) is 0.532. The van der Waals surface area contributed by atoms with Gasteiger partial charge < -0.3 is 5.32 Å². The maximum atomic E-state index is 11.6. The van der Waals surface area contributed by atoms with Gasteiger partial charge in [-0.3, -0.25) is 4.79 Å². The molecule has 0 aliphatic carbocycles. The third-order valence-electron chi connectivity index (χ3n) is 3.54. The molecule has 116 valence electrons. The van der Waals surface area contributed by atoms with Crippen LogP contribution >= 0.6 is 0 Å². The van der Waals surface area contributed by atoms with Gasteiger partial charge in [-0.15, -0.1) is 0 Å². The van der Waals surface area contributed by atoms with Crippen LogP contribution in [0.4, 0.5) is 0 Å². The SMILES string of the molecule is CCCCCCCCCCCC(=O)NCC(C)(C)C#N. The summed E-state index contributed by atoms with van der Waals surface area (Å²) >= 11 is 0. The molecule has 0 aliphatic rings. The lowest BCUT2D eigenvalue weighted by molar-refractivity contribution is -0.121. The number of hydrogen-bond acceptors (Lipinski definition) is 2. The van der Waals surface area contributed by atoms with Gasteiger partial charge in [0.05, 0.1) is 11.5 Å². The van der Waals surface area contributed by atoms with Crippen molar-refractivity contribution in [2.24, 2.45) is 5.41 Å². The van der Waals surface area contributed by atoms with Gasteiger partial charge >= 0.3 is 0 Å². The largest absolute Gasteiger partial charge is 0.355 e. The molecule has 1 N–H and O–H groups in total. The van der Waals surface area contributed by atoms with E-state index in [1.807, 2.05) is 13.8 Å². The molecule has 0 spiro atoms. The van der Waals surface area contributed by atoms with Crippen molar-refractivity contribution in [3.05, 3.63) is 0 Å². The molecule has 3 heteroatoms. The molecular formula is C17H32N2O. The summed E-state index contributed by atoms with van der Waals surface area (Å²) in [6, 6.07) is 2.19. The van der Waals surface area contributed by atoms with E-state index in [0.29, 0.717) is 13.0 Å². The zero-order chi connectivity index (χ0) is 15.3. The number of nitrogens with zero attached hydrogens (tertiary/aromatic N) is 1. The van der Waals surface area contributed by atoms with Crippen LogP contribution in [-0.4, -0.2) is 12.5 Å². The minimum absolute atomic E-state index is 0.0799. The third kappa shape index (κ3) is 12.0. The van der Waals surface area contributed by atoms with Gasteiger partial charge in [-0.2, -0.15) is 5.26 Å². The molecule has 3 nitrogen and oxygen atoms in total. The second-order valence-corrected chi connectivity index (χ2v) is 6.35. The van der Waals surface area contributed by atoms with Crippen molar-refractivity contribution in [1.82, 2.24) is 5.32 Å². The van der Waals surface area contributed by atoms with Crippen molar-refractivity contribution in [2.75, 3.05) is 6.54 Å². The Morgan fingerprint density at radius 1 is 1.00 bits per heavy atom. The fraction of sp³-hybridized carbons (Fsp3) is 0.882. The highest BCUT2D eigenvalue weighted by atomic mass is 16.1. The molecule has 0 heterocycles. The molecule has 0 fully saturated rings. The highest BCUT2D eigenvalue weighted by Crippen LogP contribution is 2.12. The van der Waals surface area contributed by atoms with E-state index in [2.05, 4.69) is 18.3 Å². The van der Waals surface area contributed by atoms with E-state index in [-0.39, 0.29) is 5.91 Å². The third-order valence-corrected chi connectivity index (χ3v) is 3.54. The van der Waals surface area contributed by atoms with E-state index in [1.54, 1.807) is 0 Å². The van der Waals surface area contributed by atoms with Crippen LogP contribution < -0.4 is 5.32 Å². The molecular weight excluding hydrogens is 248 g/mol. The van der Waals surface area contributed by atoms with Crippen LogP contribution in [0.3, 0.4) is 0 Å². The minimum atomic E-state index is -0.464. The summed E-state index contributed by atoms with van der Waals surface area (Å²) in [5.41, 5.74) is -0.464. The normalized spacial score (nSPS) is 11.1. The van der Waals surface area contributed by atoms with Gasteiger partial charge in [0.2, 0.25) is 5.91 Å².